The maximum atomic E-state index is 13.4. The molecule has 8 nitrogen and oxygen atoms in total. The van der Waals surface area contributed by atoms with Crippen LogP contribution >= 0.6 is 0 Å². The zero-order valence-electron chi connectivity index (χ0n) is 23.5. The summed E-state index contributed by atoms with van der Waals surface area (Å²) in [7, 11) is 4.10. The molecule has 212 valence electrons. The van der Waals surface area contributed by atoms with Crippen molar-refractivity contribution < 1.29 is 18.4 Å². The van der Waals surface area contributed by atoms with Gasteiger partial charge in [0.2, 0.25) is 0 Å². The van der Waals surface area contributed by atoms with Crippen LogP contribution in [-0.2, 0) is 23.5 Å². The Morgan fingerprint density at radius 2 is 1.85 bits per heavy atom. The summed E-state index contributed by atoms with van der Waals surface area (Å²) < 4.78 is 24.4. The summed E-state index contributed by atoms with van der Waals surface area (Å²) in [4.78, 5) is 13.7. The van der Waals surface area contributed by atoms with Gasteiger partial charge in [-0.2, -0.15) is 5.26 Å². The van der Waals surface area contributed by atoms with Crippen LogP contribution in [0.15, 0.2) is 83.4 Å². The second kappa shape index (κ2) is 13.8. The number of carbonyl (C=O) groups is 1. The van der Waals surface area contributed by atoms with Gasteiger partial charge in [-0.05, 0) is 86.9 Å². The van der Waals surface area contributed by atoms with Crippen LogP contribution in [0.1, 0.15) is 56.9 Å². The lowest BCUT2D eigenvalue weighted by molar-refractivity contribution is -0.0140. The molecule has 2 heterocycles. The van der Waals surface area contributed by atoms with Crippen molar-refractivity contribution >= 4 is 5.91 Å². The van der Waals surface area contributed by atoms with Crippen LogP contribution in [0.2, 0.25) is 0 Å². The number of aryl methyl sites for hydroxylation is 1. The van der Waals surface area contributed by atoms with E-state index in [2.05, 4.69) is 27.0 Å². The number of nitrogens with one attached hydrogen (secondary N) is 2. The van der Waals surface area contributed by atoms with Crippen molar-refractivity contribution in [2.45, 2.75) is 38.5 Å². The van der Waals surface area contributed by atoms with Gasteiger partial charge in [0.05, 0.1) is 18.2 Å². The summed E-state index contributed by atoms with van der Waals surface area (Å²) in [6.45, 7) is 3.73. The highest BCUT2D eigenvalue weighted by atomic mass is 19.1. The van der Waals surface area contributed by atoms with Gasteiger partial charge in [-0.25, -0.2) is 9.82 Å². The van der Waals surface area contributed by atoms with E-state index in [-0.39, 0.29) is 17.4 Å². The second-order valence-electron chi connectivity index (χ2n) is 10.1. The molecule has 2 N–H and O–H groups in total. The minimum atomic E-state index is -0.562. The molecule has 41 heavy (non-hydrogen) atoms. The van der Waals surface area contributed by atoms with Crippen LogP contribution < -0.4 is 10.9 Å². The van der Waals surface area contributed by atoms with E-state index < -0.39 is 5.60 Å². The van der Waals surface area contributed by atoms with Crippen LogP contribution in [0, 0.1) is 24.1 Å². The molecule has 0 aliphatic carbocycles. The summed E-state index contributed by atoms with van der Waals surface area (Å²) in [5.74, 6) is 0.0521. The molecular formula is C32H34FN5O3. The smallest absolute Gasteiger partial charge is 0.287 e. The Kier molecular flexibility index (Phi) is 9.98. The lowest BCUT2D eigenvalue weighted by atomic mass is 9.81. The normalized spacial score (nSPS) is 15.5. The zero-order chi connectivity index (χ0) is 29.2. The Morgan fingerprint density at radius 1 is 1.10 bits per heavy atom. The summed E-state index contributed by atoms with van der Waals surface area (Å²) in [6.07, 6.45) is 1.78. The fourth-order valence-corrected chi connectivity index (χ4v) is 4.77. The standard InChI is InChI=1S/C20H21FN2O.C12H13N3O2/c1-23(2)11-3-10-20(17-5-7-18(21)8-6-17)19-9-4-15(13-22)12-16(19)14-24-20;1-9-7-11(15-17-9)12(16)14-13-8-10-5-3-2-4-6-10/h4-9,12H,3,10-11,14H2,1-2H3;2-7,13H,8H2,1H3,(H,14,16)/t20-;/m0./s1. The minimum absolute atomic E-state index is 0.250. The maximum Gasteiger partial charge on any atom is 0.287 e. The number of rotatable bonds is 9. The molecule has 1 aromatic heterocycles. The van der Waals surface area contributed by atoms with Gasteiger partial charge in [0.15, 0.2) is 5.69 Å². The molecule has 1 aliphatic heterocycles. The number of amides is 1. The first-order chi connectivity index (χ1) is 19.8. The molecule has 0 bridgehead atoms. The summed E-state index contributed by atoms with van der Waals surface area (Å²) >= 11 is 0. The number of halogens is 1. The van der Waals surface area contributed by atoms with Gasteiger partial charge in [-0.15, -0.1) is 0 Å². The van der Waals surface area contributed by atoms with E-state index in [4.69, 9.17) is 14.5 Å². The number of benzene rings is 3. The van der Waals surface area contributed by atoms with E-state index >= 15 is 0 Å². The molecule has 0 fully saturated rings. The van der Waals surface area contributed by atoms with Crippen molar-refractivity contribution in [1.29, 1.82) is 5.26 Å². The number of nitrogens with zero attached hydrogens (tertiary/aromatic N) is 3. The SMILES string of the molecule is CN(C)CCC[C@@]1(c2ccc(F)cc2)OCc2cc(C#N)ccc21.Cc1cc(C(=O)NNCc2ccccc2)no1. The highest BCUT2D eigenvalue weighted by molar-refractivity contribution is 5.91. The summed E-state index contributed by atoms with van der Waals surface area (Å²) in [5.41, 5.74) is 9.91. The highest BCUT2D eigenvalue weighted by Gasteiger charge is 2.41. The number of hydrogen-bond donors (Lipinski definition) is 2. The topological polar surface area (TPSA) is 103 Å². The molecule has 4 aromatic rings. The molecule has 0 unspecified atom stereocenters. The predicted octanol–water partition coefficient (Wildman–Crippen LogP) is 5.23. The molecular weight excluding hydrogens is 521 g/mol. The van der Waals surface area contributed by atoms with Crippen LogP contribution in [0.3, 0.4) is 0 Å². The quantitative estimate of drug-likeness (QED) is 0.273. The number of hydrazine groups is 1. The van der Waals surface area contributed by atoms with Crippen LogP contribution in [0.25, 0.3) is 0 Å². The molecule has 1 amide bonds. The van der Waals surface area contributed by atoms with E-state index in [0.717, 1.165) is 41.6 Å². The molecule has 0 spiro atoms. The van der Waals surface area contributed by atoms with E-state index in [1.165, 1.54) is 12.1 Å². The van der Waals surface area contributed by atoms with Crippen LogP contribution in [-0.4, -0.2) is 36.6 Å². The number of nitriles is 1. The van der Waals surface area contributed by atoms with Gasteiger partial charge in [0, 0.05) is 12.6 Å². The number of fused-ring (bicyclic) bond motifs is 1. The van der Waals surface area contributed by atoms with Crippen molar-refractivity contribution in [3.8, 4) is 6.07 Å². The largest absolute Gasteiger partial charge is 0.361 e. The Bertz CT molecular complexity index is 1480. The second-order valence-corrected chi connectivity index (χ2v) is 10.1. The third-order valence-corrected chi connectivity index (χ3v) is 6.79. The van der Waals surface area contributed by atoms with Gasteiger partial charge >= 0.3 is 0 Å². The van der Waals surface area contributed by atoms with Gasteiger partial charge < -0.3 is 14.2 Å². The average molecular weight is 556 g/mol. The lowest BCUT2D eigenvalue weighted by Crippen LogP contribution is -2.36. The third kappa shape index (κ3) is 7.64. The van der Waals surface area contributed by atoms with Gasteiger partial charge in [-0.1, -0.05) is 53.7 Å². The molecule has 0 saturated carbocycles. The van der Waals surface area contributed by atoms with Crippen LogP contribution in [0.5, 0.6) is 0 Å². The van der Waals surface area contributed by atoms with Crippen molar-refractivity contribution in [1.82, 2.24) is 20.9 Å². The zero-order valence-corrected chi connectivity index (χ0v) is 23.5. The average Bonchev–Trinajstić information content (AvgIpc) is 3.58. The molecule has 3 aromatic carbocycles. The number of hydrogen-bond acceptors (Lipinski definition) is 7. The Hall–Kier alpha value is -4.36. The Morgan fingerprint density at radius 3 is 2.51 bits per heavy atom. The number of carbonyl (C=O) groups excluding carboxylic acids is 1. The fraction of sp³-hybridized carbons (Fsp3) is 0.281. The minimum Gasteiger partial charge on any atom is -0.361 e. The van der Waals surface area contributed by atoms with Crippen molar-refractivity contribution in [3.63, 3.8) is 0 Å². The van der Waals surface area contributed by atoms with E-state index in [9.17, 15) is 9.18 Å². The first kappa shape index (κ1) is 29.6. The first-order valence-electron chi connectivity index (χ1n) is 13.4. The number of aromatic nitrogens is 1. The van der Waals surface area contributed by atoms with Crippen LogP contribution in [0.4, 0.5) is 4.39 Å². The lowest BCUT2D eigenvalue weighted by Gasteiger charge is -2.31. The molecule has 1 aliphatic rings. The van der Waals surface area contributed by atoms with Gasteiger partial charge in [-0.3, -0.25) is 10.2 Å². The van der Waals surface area contributed by atoms with Gasteiger partial charge in [0.1, 0.15) is 17.2 Å². The van der Waals surface area contributed by atoms with E-state index in [1.807, 2.05) is 62.6 Å². The summed E-state index contributed by atoms with van der Waals surface area (Å²) in [5, 5.41) is 12.7. The van der Waals surface area contributed by atoms with Crippen molar-refractivity contribution in [2.24, 2.45) is 0 Å². The molecule has 5 rings (SSSR count). The first-order valence-corrected chi connectivity index (χ1v) is 13.4. The maximum absolute atomic E-state index is 13.4. The monoisotopic (exact) mass is 555 g/mol. The van der Waals surface area contributed by atoms with Gasteiger partial charge in [0.25, 0.3) is 5.91 Å². The van der Waals surface area contributed by atoms with E-state index in [1.54, 1.807) is 25.1 Å². The Labute approximate surface area is 239 Å². The molecule has 0 radical (unpaired) electrons. The molecule has 1 atom stereocenters. The fourth-order valence-electron chi connectivity index (χ4n) is 4.77. The van der Waals surface area contributed by atoms with E-state index in [0.29, 0.717) is 24.5 Å². The predicted molar refractivity (Wildman–Crippen MR) is 153 cm³/mol. The summed E-state index contributed by atoms with van der Waals surface area (Å²) in [6, 6.07) is 25.8. The van der Waals surface area contributed by atoms with Crippen molar-refractivity contribution in [2.75, 3.05) is 20.6 Å². The Balaban J connectivity index is 0.000000201. The number of ether oxygens (including phenoxy) is 1. The van der Waals surface area contributed by atoms with Crippen molar-refractivity contribution in [3.05, 3.63) is 124 Å². The molecule has 0 saturated heterocycles. The highest BCUT2D eigenvalue weighted by Crippen LogP contribution is 2.45. The molecule has 9 heteroatoms. The third-order valence-electron chi connectivity index (χ3n) is 6.79.